The molecule has 2 aromatic carbocycles. The number of amides is 1. The summed E-state index contributed by atoms with van der Waals surface area (Å²) in [5.41, 5.74) is 9.69. The number of carbonyl (C=O) groups is 1. The topological polar surface area (TPSA) is 58.4 Å². The van der Waals surface area contributed by atoms with Crippen LogP contribution in [0.3, 0.4) is 0 Å². The highest BCUT2D eigenvalue weighted by Gasteiger charge is 2.10. The van der Waals surface area contributed by atoms with Gasteiger partial charge in [-0.1, -0.05) is 30.3 Å². The third kappa shape index (κ3) is 4.07. The summed E-state index contributed by atoms with van der Waals surface area (Å²) in [5, 5.41) is 2.91. The zero-order chi connectivity index (χ0) is 15.2. The van der Waals surface area contributed by atoms with Crippen molar-refractivity contribution in [2.45, 2.75) is 13.5 Å². The van der Waals surface area contributed by atoms with Crippen molar-refractivity contribution < 1.29 is 4.79 Å². The van der Waals surface area contributed by atoms with Crippen LogP contribution in [0.15, 0.2) is 48.5 Å². The van der Waals surface area contributed by atoms with E-state index in [1.807, 2.05) is 67.4 Å². The Hall–Kier alpha value is -2.33. The summed E-state index contributed by atoms with van der Waals surface area (Å²) in [6, 6.07) is 15.6. The minimum atomic E-state index is -0.0464. The predicted molar refractivity (Wildman–Crippen MR) is 87.4 cm³/mol. The van der Waals surface area contributed by atoms with Crippen molar-refractivity contribution in [3.8, 4) is 0 Å². The number of carbonyl (C=O) groups excluding carboxylic acids is 1. The molecule has 1 amide bonds. The molecule has 3 N–H and O–H groups in total. The average Bonchev–Trinajstić information content (AvgIpc) is 2.47. The van der Waals surface area contributed by atoms with E-state index in [0.717, 1.165) is 22.5 Å². The van der Waals surface area contributed by atoms with E-state index in [0.29, 0.717) is 6.54 Å². The number of hydrogen-bond acceptors (Lipinski definition) is 3. The van der Waals surface area contributed by atoms with Crippen molar-refractivity contribution in [2.75, 3.05) is 23.8 Å². The van der Waals surface area contributed by atoms with Crippen molar-refractivity contribution in [2.24, 2.45) is 5.73 Å². The third-order valence-electron chi connectivity index (χ3n) is 3.31. The number of nitrogens with one attached hydrogen (secondary N) is 1. The fraction of sp³-hybridized carbons (Fsp3) is 0.235. The van der Waals surface area contributed by atoms with Crippen LogP contribution < -0.4 is 16.0 Å². The first-order chi connectivity index (χ1) is 10.1. The van der Waals surface area contributed by atoms with E-state index in [-0.39, 0.29) is 12.5 Å². The van der Waals surface area contributed by atoms with E-state index < -0.39 is 0 Å². The number of aryl methyl sites for hydroxylation is 1. The molecule has 0 unspecified atom stereocenters. The monoisotopic (exact) mass is 283 g/mol. The standard InChI is InChI=1S/C17H21N3O/c1-13-6-5-8-15(10-13)19-17(21)12-20(2)16-9-4-3-7-14(16)11-18/h3-10H,11-12,18H2,1-2H3,(H,19,21). The number of anilines is 2. The lowest BCUT2D eigenvalue weighted by Crippen LogP contribution is -2.30. The molecule has 0 atom stereocenters. The van der Waals surface area contributed by atoms with Gasteiger partial charge in [-0.2, -0.15) is 0 Å². The van der Waals surface area contributed by atoms with E-state index in [4.69, 9.17) is 5.73 Å². The molecule has 0 spiro atoms. The molecule has 0 heterocycles. The molecule has 2 rings (SSSR count). The number of likely N-dealkylation sites (N-methyl/N-ethyl adjacent to an activating group) is 1. The summed E-state index contributed by atoms with van der Waals surface area (Å²) in [6.45, 7) is 2.74. The highest BCUT2D eigenvalue weighted by Crippen LogP contribution is 2.18. The number of para-hydroxylation sites is 1. The number of nitrogens with zero attached hydrogens (tertiary/aromatic N) is 1. The van der Waals surface area contributed by atoms with Crippen LogP contribution in [0.2, 0.25) is 0 Å². The number of hydrogen-bond donors (Lipinski definition) is 2. The summed E-state index contributed by atoms with van der Waals surface area (Å²) in [7, 11) is 1.89. The molecule has 0 fully saturated rings. The lowest BCUT2D eigenvalue weighted by atomic mass is 10.1. The Balaban J connectivity index is 2.02. The maximum Gasteiger partial charge on any atom is 0.243 e. The second-order valence-electron chi connectivity index (χ2n) is 5.11. The fourth-order valence-electron chi connectivity index (χ4n) is 2.28. The van der Waals surface area contributed by atoms with Crippen molar-refractivity contribution in [1.29, 1.82) is 0 Å². The molecule has 0 aliphatic rings. The average molecular weight is 283 g/mol. The second kappa shape index (κ2) is 6.90. The zero-order valence-electron chi connectivity index (χ0n) is 12.5. The molecule has 21 heavy (non-hydrogen) atoms. The van der Waals surface area contributed by atoms with Gasteiger partial charge >= 0.3 is 0 Å². The smallest absolute Gasteiger partial charge is 0.243 e. The Bertz CT molecular complexity index is 625. The van der Waals surface area contributed by atoms with E-state index in [1.165, 1.54) is 0 Å². The number of nitrogens with two attached hydrogens (primary N) is 1. The van der Waals surface area contributed by atoms with Gasteiger partial charge in [-0.05, 0) is 36.2 Å². The van der Waals surface area contributed by atoms with Crippen LogP contribution in [0.1, 0.15) is 11.1 Å². The van der Waals surface area contributed by atoms with E-state index in [1.54, 1.807) is 0 Å². The number of benzene rings is 2. The first-order valence-electron chi connectivity index (χ1n) is 6.96. The Morgan fingerprint density at radius 1 is 1.19 bits per heavy atom. The highest BCUT2D eigenvalue weighted by atomic mass is 16.2. The maximum atomic E-state index is 12.1. The van der Waals surface area contributed by atoms with Crippen LogP contribution >= 0.6 is 0 Å². The lowest BCUT2D eigenvalue weighted by Gasteiger charge is -2.21. The van der Waals surface area contributed by atoms with Crippen molar-refractivity contribution in [3.05, 3.63) is 59.7 Å². The molecule has 0 aliphatic carbocycles. The molecule has 4 nitrogen and oxygen atoms in total. The van der Waals surface area contributed by atoms with E-state index >= 15 is 0 Å². The van der Waals surface area contributed by atoms with Crippen LogP contribution in [0.4, 0.5) is 11.4 Å². The lowest BCUT2D eigenvalue weighted by molar-refractivity contribution is -0.114. The predicted octanol–water partition coefficient (Wildman–Crippen LogP) is 2.53. The van der Waals surface area contributed by atoms with E-state index in [2.05, 4.69) is 5.32 Å². The summed E-state index contributed by atoms with van der Waals surface area (Å²) >= 11 is 0. The minimum absolute atomic E-state index is 0.0464. The molecule has 110 valence electrons. The summed E-state index contributed by atoms with van der Waals surface area (Å²) in [4.78, 5) is 14.0. The van der Waals surface area contributed by atoms with Gasteiger partial charge < -0.3 is 16.0 Å². The fourth-order valence-corrected chi connectivity index (χ4v) is 2.28. The summed E-state index contributed by atoms with van der Waals surface area (Å²) in [5.74, 6) is -0.0464. The number of rotatable bonds is 5. The molecule has 0 aliphatic heterocycles. The van der Waals surface area contributed by atoms with Gasteiger partial charge in [0.2, 0.25) is 5.91 Å². The van der Waals surface area contributed by atoms with Gasteiger partial charge in [-0.25, -0.2) is 0 Å². The van der Waals surface area contributed by atoms with Crippen LogP contribution in [-0.4, -0.2) is 19.5 Å². The Kier molecular flexibility index (Phi) is 4.95. The Morgan fingerprint density at radius 3 is 2.67 bits per heavy atom. The molecule has 0 bridgehead atoms. The highest BCUT2D eigenvalue weighted by molar-refractivity contribution is 5.94. The largest absolute Gasteiger partial charge is 0.365 e. The summed E-state index contributed by atoms with van der Waals surface area (Å²) in [6.07, 6.45) is 0. The molecule has 2 aromatic rings. The van der Waals surface area contributed by atoms with Crippen LogP contribution in [0.25, 0.3) is 0 Å². The molecule has 0 radical (unpaired) electrons. The quantitative estimate of drug-likeness (QED) is 0.886. The molecular formula is C17H21N3O. The van der Waals surface area contributed by atoms with Crippen LogP contribution in [0.5, 0.6) is 0 Å². The zero-order valence-corrected chi connectivity index (χ0v) is 12.5. The molecule has 0 saturated carbocycles. The molecule has 0 aromatic heterocycles. The van der Waals surface area contributed by atoms with Gasteiger partial charge in [0.15, 0.2) is 0 Å². The Labute approximate surface area is 125 Å². The SMILES string of the molecule is Cc1cccc(NC(=O)CN(C)c2ccccc2CN)c1. The minimum Gasteiger partial charge on any atom is -0.365 e. The van der Waals surface area contributed by atoms with Gasteiger partial charge in [0, 0.05) is 25.0 Å². The van der Waals surface area contributed by atoms with Gasteiger partial charge in [0.05, 0.1) is 6.54 Å². The molecule has 4 heteroatoms. The Morgan fingerprint density at radius 2 is 1.95 bits per heavy atom. The van der Waals surface area contributed by atoms with Gasteiger partial charge in [0.25, 0.3) is 0 Å². The summed E-state index contributed by atoms with van der Waals surface area (Å²) < 4.78 is 0. The normalized spacial score (nSPS) is 10.2. The molecular weight excluding hydrogens is 262 g/mol. The van der Waals surface area contributed by atoms with Gasteiger partial charge in [-0.15, -0.1) is 0 Å². The van der Waals surface area contributed by atoms with Crippen LogP contribution in [-0.2, 0) is 11.3 Å². The van der Waals surface area contributed by atoms with Crippen molar-refractivity contribution in [3.63, 3.8) is 0 Å². The van der Waals surface area contributed by atoms with Gasteiger partial charge in [0.1, 0.15) is 0 Å². The first-order valence-corrected chi connectivity index (χ1v) is 6.96. The van der Waals surface area contributed by atoms with E-state index in [9.17, 15) is 4.79 Å². The third-order valence-corrected chi connectivity index (χ3v) is 3.31. The molecule has 0 saturated heterocycles. The first kappa shape index (κ1) is 15.1. The van der Waals surface area contributed by atoms with Crippen molar-refractivity contribution in [1.82, 2.24) is 0 Å². The maximum absolute atomic E-state index is 12.1. The van der Waals surface area contributed by atoms with Crippen molar-refractivity contribution >= 4 is 17.3 Å². The second-order valence-corrected chi connectivity index (χ2v) is 5.11. The van der Waals surface area contributed by atoms with Gasteiger partial charge in [-0.3, -0.25) is 4.79 Å². The van der Waals surface area contributed by atoms with Crippen LogP contribution in [0, 0.1) is 6.92 Å².